The normalized spacial score (nSPS) is 12.8. The smallest absolute Gasteiger partial charge is 0.548 e. The summed E-state index contributed by atoms with van der Waals surface area (Å²) in [6.07, 6.45) is -2.52. The minimum atomic E-state index is -2.38. The quantitative estimate of drug-likeness (QED) is 0.233. The van der Waals surface area contributed by atoms with Crippen molar-refractivity contribution in [3.8, 4) is 11.1 Å². The molecule has 1 N–H and O–H groups in total. The van der Waals surface area contributed by atoms with E-state index in [0.717, 1.165) is 22.3 Å². The minimum Gasteiger partial charge on any atom is -0.548 e. The molecule has 5 nitrogen and oxygen atoms in total. The predicted molar refractivity (Wildman–Crippen MR) is 107 cm³/mol. The summed E-state index contributed by atoms with van der Waals surface area (Å²) in [5, 5.41) is 13.2. The average molecular weight is 499 g/mol. The summed E-state index contributed by atoms with van der Waals surface area (Å²) in [6, 6.07) is 12.7. The molecule has 0 heterocycles. The first-order valence-electron chi connectivity index (χ1n) is 10.0. The van der Waals surface area contributed by atoms with Crippen LogP contribution in [0, 0.1) is 29.1 Å². The Morgan fingerprint density at radius 3 is 1.77 bits per heavy atom. The number of ether oxygens (including phenoxy) is 1. The van der Waals surface area contributed by atoms with Crippen molar-refractivity contribution < 1.29 is 70.9 Å². The number of carboxylic acid groups (broad SMARTS) is 1. The Bertz CT molecular complexity index is 1230. The van der Waals surface area contributed by atoms with Gasteiger partial charge in [-0.2, -0.15) is 0 Å². The molecule has 0 saturated heterocycles. The molecule has 1 aliphatic carbocycles. The van der Waals surface area contributed by atoms with Crippen molar-refractivity contribution in [2.24, 2.45) is 0 Å². The summed E-state index contributed by atoms with van der Waals surface area (Å²) in [6.45, 7) is -0.192. The van der Waals surface area contributed by atoms with Gasteiger partial charge >= 0.3 is 35.7 Å². The number of carbonyl (C=O) groups is 2. The Kier molecular flexibility index (Phi) is 8.19. The third-order valence-electron chi connectivity index (χ3n) is 5.63. The predicted octanol–water partition coefficient (Wildman–Crippen LogP) is 0.586. The minimum absolute atomic E-state index is 0. The molecule has 176 valence electrons. The second-order valence-electron chi connectivity index (χ2n) is 7.59. The zero-order valence-corrected chi connectivity index (χ0v) is 20.2. The molecule has 0 bridgehead atoms. The molecular weight excluding hydrogens is 484 g/mol. The van der Waals surface area contributed by atoms with Crippen molar-refractivity contribution in [1.29, 1.82) is 0 Å². The molecule has 0 aliphatic heterocycles. The largest absolute Gasteiger partial charge is 1.00 e. The van der Waals surface area contributed by atoms with Crippen LogP contribution in [0.2, 0.25) is 0 Å². The van der Waals surface area contributed by atoms with Crippen LogP contribution in [0.5, 0.6) is 0 Å². The average Bonchev–Trinajstić information content (AvgIpc) is 3.15. The zero-order chi connectivity index (χ0) is 24.6. The SMILES string of the molecule is O=C(N[C@@H](Cc1c(F)c(F)c(F)c(F)c1F)C(=O)[O-])OCC1c2ccccc2-c2ccccc21.[Na+]. The van der Waals surface area contributed by atoms with Gasteiger partial charge in [-0.25, -0.2) is 26.7 Å². The molecule has 0 unspecified atom stereocenters. The fraction of sp³-hybridized carbons (Fsp3) is 0.167. The maximum Gasteiger partial charge on any atom is 1.00 e. The standard InChI is InChI=1S/C24H16F5NO4.Na/c25-18-15(19(26)21(28)22(29)20(18)27)9-17(23(31)32)30-24(33)34-10-16-13-7-3-1-5-11(13)12-6-2-4-8-14(12)16;/h1-8,16-17H,9-10H2,(H,30,33)(H,31,32);/q;+1/p-1/t17-;/m0./s1. The van der Waals surface area contributed by atoms with Gasteiger partial charge in [0.05, 0.1) is 12.0 Å². The van der Waals surface area contributed by atoms with E-state index in [4.69, 9.17) is 4.74 Å². The van der Waals surface area contributed by atoms with Gasteiger partial charge in [-0.05, 0) is 22.3 Å². The van der Waals surface area contributed by atoms with E-state index in [1.165, 1.54) is 0 Å². The van der Waals surface area contributed by atoms with Gasteiger partial charge in [-0.1, -0.05) is 48.5 Å². The monoisotopic (exact) mass is 499 g/mol. The van der Waals surface area contributed by atoms with Crippen LogP contribution in [0.1, 0.15) is 22.6 Å². The number of carboxylic acids is 1. The molecule has 11 heteroatoms. The van der Waals surface area contributed by atoms with Crippen molar-refractivity contribution in [3.05, 3.63) is 94.3 Å². The molecule has 0 radical (unpaired) electrons. The summed E-state index contributed by atoms with van der Waals surface area (Å²) < 4.78 is 73.0. The van der Waals surface area contributed by atoms with E-state index < -0.39 is 59.2 Å². The summed E-state index contributed by atoms with van der Waals surface area (Å²) in [5.74, 6) is -13.6. The Morgan fingerprint density at radius 1 is 0.829 bits per heavy atom. The van der Waals surface area contributed by atoms with E-state index in [1.807, 2.05) is 53.8 Å². The molecular formula is C24H15F5NNaO4. The molecule has 3 aromatic carbocycles. The summed E-state index contributed by atoms with van der Waals surface area (Å²) in [7, 11) is 0. The van der Waals surface area contributed by atoms with E-state index >= 15 is 0 Å². The first kappa shape index (κ1) is 26.7. The second kappa shape index (κ2) is 10.8. The number of amides is 1. The fourth-order valence-electron chi connectivity index (χ4n) is 4.01. The molecule has 35 heavy (non-hydrogen) atoms. The Balaban J connectivity index is 0.00000342. The molecule has 4 rings (SSSR count). The van der Waals surface area contributed by atoms with Gasteiger partial charge in [0.1, 0.15) is 6.61 Å². The van der Waals surface area contributed by atoms with Gasteiger partial charge in [-0.15, -0.1) is 0 Å². The molecule has 1 amide bonds. The van der Waals surface area contributed by atoms with Crippen LogP contribution >= 0.6 is 0 Å². The van der Waals surface area contributed by atoms with Gasteiger partial charge in [0.2, 0.25) is 5.82 Å². The third kappa shape index (κ3) is 5.05. The van der Waals surface area contributed by atoms with Crippen molar-refractivity contribution in [1.82, 2.24) is 5.32 Å². The van der Waals surface area contributed by atoms with E-state index in [9.17, 15) is 36.6 Å². The number of aliphatic carboxylic acids is 1. The number of rotatable bonds is 6. The number of nitrogens with one attached hydrogen (secondary N) is 1. The van der Waals surface area contributed by atoms with Gasteiger partial charge in [0.15, 0.2) is 23.3 Å². The Morgan fingerprint density at radius 2 is 1.29 bits per heavy atom. The van der Waals surface area contributed by atoms with Crippen molar-refractivity contribution >= 4 is 12.1 Å². The molecule has 0 spiro atoms. The van der Waals surface area contributed by atoms with Crippen LogP contribution < -0.4 is 40.0 Å². The number of carbonyl (C=O) groups excluding carboxylic acids is 2. The van der Waals surface area contributed by atoms with Crippen molar-refractivity contribution in [2.45, 2.75) is 18.4 Å². The molecule has 0 fully saturated rings. The summed E-state index contributed by atoms with van der Waals surface area (Å²) >= 11 is 0. The van der Waals surface area contributed by atoms with Crippen LogP contribution in [0.15, 0.2) is 48.5 Å². The molecule has 1 aliphatic rings. The maximum absolute atomic E-state index is 13.9. The maximum atomic E-state index is 13.9. The van der Waals surface area contributed by atoms with Gasteiger partial charge in [0, 0.05) is 17.9 Å². The van der Waals surface area contributed by atoms with E-state index in [1.54, 1.807) is 0 Å². The third-order valence-corrected chi connectivity index (χ3v) is 5.63. The van der Waals surface area contributed by atoms with E-state index in [-0.39, 0.29) is 42.1 Å². The number of alkyl carbamates (subject to hydrolysis) is 1. The summed E-state index contributed by atoms with van der Waals surface area (Å²) in [4.78, 5) is 23.7. The number of halogens is 5. The number of benzene rings is 3. The zero-order valence-electron chi connectivity index (χ0n) is 18.2. The van der Waals surface area contributed by atoms with Crippen LogP contribution in [-0.2, 0) is 16.0 Å². The van der Waals surface area contributed by atoms with Crippen molar-refractivity contribution in [3.63, 3.8) is 0 Å². The van der Waals surface area contributed by atoms with Crippen LogP contribution in [-0.4, -0.2) is 24.7 Å². The fourth-order valence-corrected chi connectivity index (χ4v) is 4.01. The van der Waals surface area contributed by atoms with Gasteiger partial charge < -0.3 is 20.0 Å². The van der Waals surface area contributed by atoms with Gasteiger partial charge in [0.25, 0.3) is 0 Å². The number of fused-ring (bicyclic) bond motifs is 3. The Labute approximate surface area is 218 Å². The Hall–Kier alpha value is -2.95. The van der Waals surface area contributed by atoms with Crippen LogP contribution in [0.4, 0.5) is 26.7 Å². The van der Waals surface area contributed by atoms with Crippen LogP contribution in [0.25, 0.3) is 11.1 Å². The second-order valence-corrected chi connectivity index (χ2v) is 7.59. The first-order valence-corrected chi connectivity index (χ1v) is 10.0. The summed E-state index contributed by atoms with van der Waals surface area (Å²) in [5.41, 5.74) is 2.27. The molecule has 1 atom stereocenters. The molecule has 0 saturated carbocycles. The van der Waals surface area contributed by atoms with Gasteiger partial charge in [-0.3, -0.25) is 0 Å². The van der Waals surface area contributed by atoms with E-state index in [2.05, 4.69) is 0 Å². The molecule has 3 aromatic rings. The van der Waals surface area contributed by atoms with Crippen molar-refractivity contribution in [2.75, 3.05) is 6.61 Å². The molecule has 0 aromatic heterocycles. The number of hydrogen-bond donors (Lipinski definition) is 1. The number of hydrogen-bond acceptors (Lipinski definition) is 4. The topological polar surface area (TPSA) is 78.5 Å². The van der Waals surface area contributed by atoms with E-state index in [0.29, 0.717) is 0 Å². The first-order chi connectivity index (χ1) is 16.2. The van der Waals surface area contributed by atoms with Crippen LogP contribution in [0.3, 0.4) is 0 Å².